The van der Waals surface area contributed by atoms with E-state index in [0.717, 1.165) is 0 Å². The number of rotatable bonds is 9. The number of hydrogen-bond donors (Lipinski definition) is 3. The molecule has 0 aromatic heterocycles. The molecule has 0 saturated heterocycles. The first-order valence-electron chi connectivity index (χ1n) is 7.74. The summed E-state index contributed by atoms with van der Waals surface area (Å²) in [6.07, 6.45) is 0. The van der Waals surface area contributed by atoms with Crippen molar-refractivity contribution in [2.45, 2.75) is 20.8 Å². The van der Waals surface area contributed by atoms with Gasteiger partial charge in [0.15, 0.2) is 5.96 Å². The van der Waals surface area contributed by atoms with Crippen LogP contribution in [0.1, 0.15) is 20.8 Å². The van der Waals surface area contributed by atoms with E-state index in [1.54, 1.807) is 21.2 Å². The normalized spacial score (nSPS) is 11.8. The molecular formula is C15H31N5O3. The minimum absolute atomic E-state index is 0.0342. The van der Waals surface area contributed by atoms with Gasteiger partial charge < -0.3 is 25.6 Å². The lowest BCUT2D eigenvalue weighted by Crippen LogP contribution is -2.48. The van der Waals surface area contributed by atoms with Gasteiger partial charge in [0.2, 0.25) is 11.8 Å². The summed E-state index contributed by atoms with van der Waals surface area (Å²) < 4.78 is 4.99. The number of likely N-dealkylation sites (N-methyl/N-ethyl adjacent to an activating group) is 1. The van der Waals surface area contributed by atoms with Gasteiger partial charge in [0.25, 0.3) is 0 Å². The van der Waals surface area contributed by atoms with Crippen molar-refractivity contribution in [3.05, 3.63) is 0 Å². The average Bonchev–Trinajstić information content (AvgIpc) is 2.49. The fourth-order valence-electron chi connectivity index (χ4n) is 1.52. The van der Waals surface area contributed by atoms with Crippen LogP contribution in [0, 0.1) is 5.41 Å². The topological polar surface area (TPSA) is 95.1 Å². The van der Waals surface area contributed by atoms with E-state index in [1.165, 1.54) is 4.90 Å². The maximum absolute atomic E-state index is 12.0. The Balaban J connectivity index is 4.71. The average molecular weight is 329 g/mol. The molecule has 0 bridgehead atoms. The Morgan fingerprint density at radius 3 is 2.35 bits per heavy atom. The maximum atomic E-state index is 12.0. The van der Waals surface area contributed by atoms with E-state index in [1.807, 2.05) is 20.8 Å². The zero-order valence-corrected chi connectivity index (χ0v) is 15.2. The van der Waals surface area contributed by atoms with Gasteiger partial charge in [0.1, 0.15) is 6.54 Å². The monoisotopic (exact) mass is 329 g/mol. The first-order valence-corrected chi connectivity index (χ1v) is 7.74. The Labute approximate surface area is 139 Å². The number of carbonyl (C=O) groups is 2. The van der Waals surface area contributed by atoms with Crippen molar-refractivity contribution in [3.8, 4) is 0 Å². The molecule has 0 heterocycles. The van der Waals surface area contributed by atoms with Gasteiger partial charge in [-0.25, -0.2) is 4.99 Å². The fourth-order valence-corrected chi connectivity index (χ4v) is 1.52. The lowest BCUT2D eigenvalue weighted by atomic mass is 9.92. The number of nitrogens with one attached hydrogen (secondary N) is 3. The van der Waals surface area contributed by atoms with Crippen LogP contribution in [0.3, 0.4) is 0 Å². The summed E-state index contributed by atoms with van der Waals surface area (Å²) in [7, 11) is 4.97. The highest BCUT2D eigenvalue weighted by atomic mass is 16.5. The van der Waals surface area contributed by atoms with Gasteiger partial charge in [0, 0.05) is 40.8 Å². The molecule has 23 heavy (non-hydrogen) atoms. The second-order valence-corrected chi connectivity index (χ2v) is 5.97. The van der Waals surface area contributed by atoms with Gasteiger partial charge in [-0.2, -0.15) is 0 Å². The molecule has 0 unspecified atom stereocenters. The predicted octanol–water partition coefficient (Wildman–Crippen LogP) is -0.581. The second kappa shape index (κ2) is 10.8. The largest absolute Gasteiger partial charge is 0.383 e. The van der Waals surface area contributed by atoms with E-state index in [9.17, 15) is 9.59 Å². The van der Waals surface area contributed by atoms with Gasteiger partial charge in [-0.3, -0.25) is 9.59 Å². The standard InChI is InChI=1S/C15H31N5O3/c1-7-16-13(22)15(2,3)11-19-14(17-8-9-23-6)18-10-12(21)20(4)5/h7-11H2,1-6H3,(H,16,22)(H2,17,18,19). The molecule has 0 aromatic rings. The van der Waals surface area contributed by atoms with Gasteiger partial charge in [-0.15, -0.1) is 0 Å². The third-order valence-corrected chi connectivity index (χ3v) is 3.12. The lowest BCUT2D eigenvalue weighted by Gasteiger charge is -2.25. The third-order valence-electron chi connectivity index (χ3n) is 3.12. The number of nitrogens with zero attached hydrogens (tertiary/aromatic N) is 2. The maximum Gasteiger partial charge on any atom is 0.243 e. The van der Waals surface area contributed by atoms with E-state index < -0.39 is 5.41 Å². The molecule has 2 amide bonds. The molecule has 3 N–H and O–H groups in total. The molecule has 0 aliphatic carbocycles. The summed E-state index contributed by atoms with van der Waals surface area (Å²) >= 11 is 0. The first-order chi connectivity index (χ1) is 10.7. The molecule has 0 spiro atoms. The summed E-state index contributed by atoms with van der Waals surface area (Å²) in [5.41, 5.74) is -0.592. The molecule has 8 heteroatoms. The molecule has 0 fully saturated rings. The molecule has 8 nitrogen and oxygen atoms in total. The Bertz CT molecular complexity index is 408. The summed E-state index contributed by atoms with van der Waals surface area (Å²) in [6.45, 7) is 7.68. The smallest absolute Gasteiger partial charge is 0.243 e. The zero-order valence-electron chi connectivity index (χ0n) is 15.2. The number of carbonyl (C=O) groups excluding carboxylic acids is 2. The Morgan fingerprint density at radius 2 is 1.83 bits per heavy atom. The Hall–Kier alpha value is -1.83. The number of ether oxygens (including phenoxy) is 1. The van der Waals surface area contributed by atoms with Crippen LogP contribution < -0.4 is 16.0 Å². The van der Waals surface area contributed by atoms with Crippen LogP contribution in [-0.2, 0) is 14.3 Å². The molecule has 0 rings (SSSR count). The first kappa shape index (κ1) is 21.2. The van der Waals surface area contributed by atoms with E-state index >= 15 is 0 Å². The number of methoxy groups -OCH3 is 1. The molecule has 0 radical (unpaired) electrons. The summed E-state index contributed by atoms with van der Waals surface area (Å²) in [5, 5.41) is 8.98. The minimum atomic E-state index is -0.592. The van der Waals surface area contributed by atoms with Crippen molar-refractivity contribution >= 4 is 17.8 Å². The van der Waals surface area contributed by atoms with Crippen molar-refractivity contribution in [2.24, 2.45) is 10.4 Å². The molecule has 0 saturated carbocycles. The van der Waals surface area contributed by atoms with Gasteiger partial charge in [-0.1, -0.05) is 0 Å². The molecular weight excluding hydrogens is 298 g/mol. The van der Waals surface area contributed by atoms with Crippen LogP contribution in [0.5, 0.6) is 0 Å². The third kappa shape index (κ3) is 9.02. The number of guanidine groups is 1. The Morgan fingerprint density at radius 1 is 1.17 bits per heavy atom. The van der Waals surface area contributed by atoms with Gasteiger partial charge in [0.05, 0.1) is 12.0 Å². The van der Waals surface area contributed by atoms with Gasteiger partial charge >= 0.3 is 0 Å². The van der Waals surface area contributed by atoms with Gasteiger partial charge in [-0.05, 0) is 20.8 Å². The summed E-state index contributed by atoms with van der Waals surface area (Å²) in [5.74, 6) is 0.351. The van der Waals surface area contributed by atoms with Crippen molar-refractivity contribution in [3.63, 3.8) is 0 Å². The number of amides is 2. The van der Waals surface area contributed by atoms with Crippen LogP contribution in [0.25, 0.3) is 0 Å². The van der Waals surface area contributed by atoms with Crippen molar-refractivity contribution in [1.29, 1.82) is 0 Å². The van der Waals surface area contributed by atoms with E-state index in [-0.39, 0.29) is 18.4 Å². The van der Waals surface area contributed by atoms with E-state index in [0.29, 0.717) is 32.2 Å². The molecule has 0 aliphatic rings. The molecule has 0 atom stereocenters. The number of hydrogen-bond acceptors (Lipinski definition) is 4. The van der Waals surface area contributed by atoms with E-state index in [2.05, 4.69) is 20.9 Å². The quantitative estimate of drug-likeness (QED) is 0.299. The Kier molecular flexibility index (Phi) is 9.96. The van der Waals surface area contributed by atoms with Crippen LogP contribution in [-0.4, -0.2) is 76.7 Å². The highest BCUT2D eigenvalue weighted by Gasteiger charge is 2.27. The molecule has 0 aromatic carbocycles. The summed E-state index contributed by atoms with van der Waals surface area (Å²) in [6, 6.07) is 0. The van der Waals surface area contributed by atoms with E-state index in [4.69, 9.17) is 4.74 Å². The highest BCUT2D eigenvalue weighted by Crippen LogP contribution is 2.13. The molecule has 0 aliphatic heterocycles. The van der Waals surface area contributed by atoms with Crippen LogP contribution in [0.4, 0.5) is 0 Å². The predicted molar refractivity (Wildman–Crippen MR) is 91.3 cm³/mol. The highest BCUT2D eigenvalue weighted by molar-refractivity contribution is 5.86. The van der Waals surface area contributed by atoms with Crippen molar-refractivity contribution in [2.75, 3.05) is 54.0 Å². The van der Waals surface area contributed by atoms with Crippen LogP contribution in [0.2, 0.25) is 0 Å². The SMILES string of the molecule is CCNC(=O)C(C)(C)CNC(=NCC(=O)N(C)C)NCCOC. The lowest BCUT2D eigenvalue weighted by molar-refractivity contribution is -0.129. The van der Waals surface area contributed by atoms with Crippen LogP contribution >= 0.6 is 0 Å². The van der Waals surface area contributed by atoms with Crippen molar-refractivity contribution in [1.82, 2.24) is 20.9 Å². The fraction of sp³-hybridized carbons (Fsp3) is 0.800. The minimum Gasteiger partial charge on any atom is -0.383 e. The number of aliphatic imine (C=N–C) groups is 1. The van der Waals surface area contributed by atoms with Crippen molar-refractivity contribution < 1.29 is 14.3 Å². The second-order valence-electron chi connectivity index (χ2n) is 5.97. The summed E-state index contributed by atoms with van der Waals surface area (Å²) in [4.78, 5) is 29.4. The zero-order chi connectivity index (χ0) is 17.9. The van der Waals surface area contributed by atoms with Crippen LogP contribution in [0.15, 0.2) is 4.99 Å². The molecule has 134 valence electrons.